The molecule has 0 radical (unpaired) electrons. The summed E-state index contributed by atoms with van der Waals surface area (Å²) in [7, 11) is 0. The Balaban J connectivity index is 2.01. The Morgan fingerprint density at radius 2 is 2.00 bits per heavy atom. The van der Waals surface area contributed by atoms with E-state index in [4.69, 9.17) is 4.74 Å². The SMILES string of the molecule is CCCC1CCCC(NC2CC2)(C(=O)OCC)CC1. The molecule has 2 rings (SSSR count). The lowest BCUT2D eigenvalue weighted by Gasteiger charge is -2.31. The van der Waals surface area contributed by atoms with Gasteiger partial charge in [0.1, 0.15) is 5.54 Å². The Kier molecular flexibility index (Phi) is 5.26. The molecule has 2 fully saturated rings. The first-order valence-corrected chi connectivity index (χ1v) is 8.15. The average Bonchev–Trinajstić information content (AvgIpc) is 3.20. The molecule has 2 unspecified atom stereocenters. The number of carbonyl (C=O) groups excluding carboxylic acids is 1. The zero-order valence-electron chi connectivity index (χ0n) is 12.5. The van der Waals surface area contributed by atoms with Gasteiger partial charge in [-0.15, -0.1) is 0 Å². The maximum absolute atomic E-state index is 12.4. The molecule has 0 spiro atoms. The maximum Gasteiger partial charge on any atom is 0.326 e. The summed E-state index contributed by atoms with van der Waals surface area (Å²) in [6.07, 6.45) is 10.5. The van der Waals surface area contributed by atoms with Crippen molar-refractivity contribution in [1.29, 1.82) is 0 Å². The predicted octanol–water partition coefficient (Wildman–Crippen LogP) is 3.42. The van der Waals surface area contributed by atoms with Crippen molar-refractivity contribution in [3.8, 4) is 0 Å². The molecule has 2 atom stereocenters. The molecule has 0 aromatic carbocycles. The first-order valence-electron chi connectivity index (χ1n) is 8.15. The lowest BCUT2D eigenvalue weighted by molar-refractivity contribution is -0.152. The van der Waals surface area contributed by atoms with Gasteiger partial charge in [0.05, 0.1) is 6.61 Å². The van der Waals surface area contributed by atoms with Crippen LogP contribution in [0.4, 0.5) is 0 Å². The monoisotopic (exact) mass is 267 g/mol. The molecule has 110 valence electrons. The van der Waals surface area contributed by atoms with Gasteiger partial charge in [-0.3, -0.25) is 10.1 Å². The second-order valence-electron chi connectivity index (χ2n) is 6.31. The Bertz CT molecular complexity index is 301. The summed E-state index contributed by atoms with van der Waals surface area (Å²) in [5.41, 5.74) is -0.375. The molecule has 0 bridgehead atoms. The Morgan fingerprint density at radius 3 is 2.63 bits per heavy atom. The van der Waals surface area contributed by atoms with E-state index < -0.39 is 0 Å². The summed E-state index contributed by atoms with van der Waals surface area (Å²) in [6.45, 7) is 4.65. The van der Waals surface area contributed by atoms with Gasteiger partial charge in [-0.1, -0.05) is 32.6 Å². The van der Waals surface area contributed by atoms with Crippen molar-refractivity contribution < 1.29 is 9.53 Å². The summed E-state index contributed by atoms with van der Waals surface area (Å²) in [6, 6.07) is 0.562. The summed E-state index contributed by atoms with van der Waals surface area (Å²) in [5.74, 6) is 0.807. The van der Waals surface area contributed by atoms with Gasteiger partial charge in [0.2, 0.25) is 0 Å². The highest BCUT2D eigenvalue weighted by Gasteiger charge is 2.44. The van der Waals surface area contributed by atoms with E-state index >= 15 is 0 Å². The van der Waals surface area contributed by atoms with E-state index in [0.717, 1.165) is 25.2 Å². The van der Waals surface area contributed by atoms with Crippen LogP contribution in [0.3, 0.4) is 0 Å². The first kappa shape index (κ1) is 14.8. The largest absolute Gasteiger partial charge is 0.465 e. The van der Waals surface area contributed by atoms with E-state index in [9.17, 15) is 4.79 Å². The van der Waals surface area contributed by atoms with Crippen LogP contribution in [-0.4, -0.2) is 24.2 Å². The molecule has 0 heterocycles. The fraction of sp³-hybridized carbons (Fsp3) is 0.938. The second-order valence-corrected chi connectivity index (χ2v) is 6.31. The highest BCUT2D eigenvalue weighted by Crippen LogP contribution is 2.36. The van der Waals surface area contributed by atoms with Crippen LogP contribution in [0.15, 0.2) is 0 Å². The molecule has 2 saturated carbocycles. The van der Waals surface area contributed by atoms with Gasteiger partial charge < -0.3 is 4.74 Å². The standard InChI is InChI=1S/C16H29NO2/c1-3-6-13-7-5-11-16(12-10-13,15(18)19-4-2)17-14-8-9-14/h13-14,17H,3-12H2,1-2H3. The topological polar surface area (TPSA) is 38.3 Å². The van der Waals surface area contributed by atoms with Crippen LogP contribution in [0.5, 0.6) is 0 Å². The molecule has 0 saturated heterocycles. The van der Waals surface area contributed by atoms with Crippen molar-refractivity contribution in [2.75, 3.05) is 6.61 Å². The van der Waals surface area contributed by atoms with Gasteiger partial charge in [-0.25, -0.2) is 0 Å². The van der Waals surface area contributed by atoms with Crippen LogP contribution >= 0.6 is 0 Å². The summed E-state index contributed by atoms with van der Waals surface area (Å²) < 4.78 is 5.36. The normalized spacial score (nSPS) is 31.8. The minimum Gasteiger partial charge on any atom is -0.465 e. The van der Waals surface area contributed by atoms with Crippen LogP contribution < -0.4 is 5.32 Å². The predicted molar refractivity (Wildman–Crippen MR) is 77.0 cm³/mol. The fourth-order valence-electron chi connectivity index (χ4n) is 3.40. The molecule has 2 aliphatic rings. The molecule has 0 aliphatic heterocycles. The Labute approximate surface area is 117 Å². The van der Waals surface area contributed by atoms with Crippen molar-refractivity contribution in [3.05, 3.63) is 0 Å². The zero-order valence-corrected chi connectivity index (χ0v) is 12.5. The molecule has 19 heavy (non-hydrogen) atoms. The summed E-state index contributed by atoms with van der Waals surface area (Å²) >= 11 is 0. The van der Waals surface area contributed by atoms with Crippen LogP contribution in [0.2, 0.25) is 0 Å². The smallest absolute Gasteiger partial charge is 0.326 e. The van der Waals surface area contributed by atoms with Crippen LogP contribution in [-0.2, 0) is 9.53 Å². The second kappa shape index (κ2) is 6.74. The quantitative estimate of drug-likeness (QED) is 0.592. The Morgan fingerprint density at radius 1 is 1.21 bits per heavy atom. The van der Waals surface area contributed by atoms with Crippen molar-refractivity contribution in [3.63, 3.8) is 0 Å². The van der Waals surface area contributed by atoms with Crippen molar-refractivity contribution >= 4 is 5.97 Å². The third kappa shape index (κ3) is 3.95. The van der Waals surface area contributed by atoms with Crippen LogP contribution in [0.1, 0.15) is 71.6 Å². The number of hydrogen-bond acceptors (Lipinski definition) is 3. The van der Waals surface area contributed by atoms with Gasteiger partial charge in [0, 0.05) is 6.04 Å². The minimum atomic E-state index is -0.375. The number of nitrogens with one attached hydrogen (secondary N) is 1. The number of hydrogen-bond donors (Lipinski definition) is 1. The van der Waals surface area contributed by atoms with E-state index in [1.165, 1.54) is 38.5 Å². The van der Waals surface area contributed by atoms with E-state index in [2.05, 4.69) is 12.2 Å². The molecule has 1 N–H and O–H groups in total. The highest BCUT2D eigenvalue weighted by atomic mass is 16.5. The number of carbonyl (C=O) groups is 1. The number of ether oxygens (including phenoxy) is 1. The zero-order chi connectivity index (χ0) is 13.7. The van der Waals surface area contributed by atoms with E-state index in [1.807, 2.05) is 6.92 Å². The first-order chi connectivity index (χ1) is 9.20. The number of rotatable bonds is 6. The van der Waals surface area contributed by atoms with Gasteiger partial charge in [0.15, 0.2) is 0 Å². The van der Waals surface area contributed by atoms with E-state index in [1.54, 1.807) is 0 Å². The van der Waals surface area contributed by atoms with Gasteiger partial charge in [-0.05, 0) is 44.9 Å². The maximum atomic E-state index is 12.4. The Hall–Kier alpha value is -0.570. The van der Waals surface area contributed by atoms with E-state index in [-0.39, 0.29) is 11.5 Å². The minimum absolute atomic E-state index is 0.000881. The van der Waals surface area contributed by atoms with Crippen molar-refractivity contribution in [2.45, 2.75) is 83.2 Å². The third-order valence-electron chi connectivity index (χ3n) is 4.62. The molecule has 0 amide bonds. The van der Waals surface area contributed by atoms with Gasteiger partial charge >= 0.3 is 5.97 Å². The van der Waals surface area contributed by atoms with Gasteiger partial charge in [-0.2, -0.15) is 0 Å². The average molecular weight is 267 g/mol. The van der Waals surface area contributed by atoms with Crippen molar-refractivity contribution in [1.82, 2.24) is 5.32 Å². The van der Waals surface area contributed by atoms with E-state index in [0.29, 0.717) is 12.6 Å². The number of esters is 1. The summed E-state index contributed by atoms with van der Waals surface area (Å²) in [5, 5.41) is 3.62. The van der Waals surface area contributed by atoms with Crippen LogP contribution in [0, 0.1) is 5.92 Å². The lowest BCUT2D eigenvalue weighted by atomic mass is 9.88. The lowest BCUT2D eigenvalue weighted by Crippen LogP contribution is -2.53. The molecule has 0 aromatic rings. The van der Waals surface area contributed by atoms with Crippen LogP contribution in [0.25, 0.3) is 0 Å². The molecular weight excluding hydrogens is 238 g/mol. The van der Waals surface area contributed by atoms with Gasteiger partial charge in [0.25, 0.3) is 0 Å². The third-order valence-corrected chi connectivity index (χ3v) is 4.62. The molecule has 3 heteroatoms. The molecule has 3 nitrogen and oxygen atoms in total. The molecular formula is C16H29NO2. The highest BCUT2D eigenvalue weighted by molar-refractivity contribution is 5.81. The molecule has 2 aliphatic carbocycles. The summed E-state index contributed by atoms with van der Waals surface area (Å²) in [4.78, 5) is 12.4. The van der Waals surface area contributed by atoms with Crippen molar-refractivity contribution in [2.24, 2.45) is 5.92 Å². The molecule has 0 aromatic heterocycles. The fourth-order valence-corrected chi connectivity index (χ4v) is 3.40.